The number of benzene rings is 1. The van der Waals surface area contributed by atoms with Gasteiger partial charge in [-0.1, -0.05) is 44.2 Å². The van der Waals surface area contributed by atoms with Gasteiger partial charge in [0.1, 0.15) is 17.3 Å². The summed E-state index contributed by atoms with van der Waals surface area (Å²) in [6.45, 7) is 10.4. The monoisotopic (exact) mass is 340 g/mol. The van der Waals surface area contributed by atoms with Crippen LogP contribution in [0.1, 0.15) is 49.1 Å². The average molecular weight is 340 g/mol. The molecule has 0 atom stereocenters. The number of hydrogen-bond acceptors (Lipinski definition) is 4. The smallest absolute Gasteiger partial charge is 0.270 e. The van der Waals surface area contributed by atoms with Crippen molar-refractivity contribution in [1.29, 1.82) is 0 Å². The number of anilines is 1. The van der Waals surface area contributed by atoms with E-state index in [1.807, 2.05) is 25.1 Å². The first-order chi connectivity index (χ1) is 12.0. The molecular formula is C20H28N4O. The number of nitrogens with one attached hydrogen (secondary N) is 1. The SMILES string of the molecule is CCN(Cc1ccccc1)c1cc(C(=O)NCCC(C)C)nc(C)n1. The van der Waals surface area contributed by atoms with E-state index in [-0.39, 0.29) is 5.91 Å². The third-order valence-electron chi connectivity index (χ3n) is 3.99. The lowest BCUT2D eigenvalue weighted by Gasteiger charge is -2.22. The summed E-state index contributed by atoms with van der Waals surface area (Å²) in [5.74, 6) is 1.82. The Kier molecular flexibility index (Phi) is 6.92. The maximum absolute atomic E-state index is 12.4. The molecule has 0 aliphatic rings. The Hall–Kier alpha value is -2.43. The third kappa shape index (κ3) is 5.85. The standard InChI is InChI=1S/C20H28N4O/c1-5-24(14-17-9-7-6-8-10-17)19-13-18(22-16(4)23-19)20(25)21-12-11-15(2)3/h6-10,13,15H,5,11-12,14H2,1-4H3,(H,21,25). The van der Waals surface area contributed by atoms with Gasteiger partial charge in [-0.15, -0.1) is 0 Å². The van der Waals surface area contributed by atoms with Gasteiger partial charge in [-0.25, -0.2) is 9.97 Å². The molecule has 0 saturated heterocycles. The first-order valence-corrected chi connectivity index (χ1v) is 8.92. The number of amides is 1. The highest BCUT2D eigenvalue weighted by Crippen LogP contribution is 2.16. The van der Waals surface area contributed by atoms with Crippen molar-refractivity contribution in [3.63, 3.8) is 0 Å². The summed E-state index contributed by atoms with van der Waals surface area (Å²) < 4.78 is 0. The fraction of sp³-hybridized carbons (Fsp3) is 0.450. The van der Waals surface area contributed by atoms with Crippen molar-refractivity contribution >= 4 is 11.7 Å². The molecule has 0 spiro atoms. The molecule has 25 heavy (non-hydrogen) atoms. The first-order valence-electron chi connectivity index (χ1n) is 8.92. The van der Waals surface area contributed by atoms with Gasteiger partial charge in [0.05, 0.1) is 0 Å². The van der Waals surface area contributed by atoms with Crippen molar-refractivity contribution in [2.24, 2.45) is 5.92 Å². The molecule has 0 aliphatic carbocycles. The predicted molar refractivity (Wildman–Crippen MR) is 102 cm³/mol. The van der Waals surface area contributed by atoms with E-state index in [4.69, 9.17) is 0 Å². The van der Waals surface area contributed by atoms with Crippen molar-refractivity contribution in [3.05, 3.63) is 53.5 Å². The Morgan fingerprint density at radius 2 is 1.92 bits per heavy atom. The van der Waals surface area contributed by atoms with Crippen molar-refractivity contribution in [2.75, 3.05) is 18.0 Å². The van der Waals surface area contributed by atoms with Crippen LogP contribution < -0.4 is 10.2 Å². The molecule has 0 aliphatic heterocycles. The molecule has 0 bridgehead atoms. The molecule has 0 radical (unpaired) electrons. The number of aryl methyl sites for hydroxylation is 1. The van der Waals surface area contributed by atoms with Crippen molar-refractivity contribution in [3.8, 4) is 0 Å². The largest absolute Gasteiger partial charge is 0.352 e. The van der Waals surface area contributed by atoms with Gasteiger partial charge in [-0.3, -0.25) is 4.79 Å². The molecular weight excluding hydrogens is 312 g/mol. The van der Waals surface area contributed by atoms with E-state index >= 15 is 0 Å². The lowest BCUT2D eigenvalue weighted by atomic mass is 10.1. The second kappa shape index (κ2) is 9.16. The molecule has 1 aromatic heterocycles. The zero-order valence-corrected chi connectivity index (χ0v) is 15.6. The van der Waals surface area contributed by atoms with Crippen molar-refractivity contribution in [2.45, 2.75) is 40.7 Å². The van der Waals surface area contributed by atoms with Gasteiger partial charge in [0, 0.05) is 25.7 Å². The molecule has 5 heteroatoms. The molecule has 134 valence electrons. The molecule has 1 aromatic carbocycles. The summed E-state index contributed by atoms with van der Waals surface area (Å²) in [4.78, 5) is 23.4. The third-order valence-corrected chi connectivity index (χ3v) is 3.99. The Morgan fingerprint density at radius 3 is 2.56 bits per heavy atom. The Balaban J connectivity index is 2.14. The van der Waals surface area contributed by atoms with Crippen molar-refractivity contribution < 1.29 is 4.79 Å². The number of aromatic nitrogens is 2. The van der Waals surface area contributed by atoms with Gasteiger partial charge in [0.15, 0.2) is 0 Å². The summed E-state index contributed by atoms with van der Waals surface area (Å²) in [6, 6.07) is 12.0. The summed E-state index contributed by atoms with van der Waals surface area (Å²) in [5, 5.41) is 2.94. The molecule has 2 aromatic rings. The van der Waals surface area contributed by atoms with E-state index in [2.05, 4.69) is 53.1 Å². The normalized spacial score (nSPS) is 10.8. The average Bonchev–Trinajstić information content (AvgIpc) is 2.59. The number of carbonyl (C=O) groups excluding carboxylic acids is 1. The van der Waals surface area contributed by atoms with Crippen LogP contribution in [0.3, 0.4) is 0 Å². The lowest BCUT2D eigenvalue weighted by molar-refractivity contribution is 0.0946. The highest BCUT2D eigenvalue weighted by Gasteiger charge is 2.14. The number of rotatable bonds is 8. The molecule has 1 heterocycles. The second-order valence-corrected chi connectivity index (χ2v) is 6.60. The fourth-order valence-electron chi connectivity index (χ4n) is 2.55. The molecule has 1 N–H and O–H groups in total. The minimum Gasteiger partial charge on any atom is -0.352 e. The lowest BCUT2D eigenvalue weighted by Crippen LogP contribution is -2.28. The highest BCUT2D eigenvalue weighted by molar-refractivity contribution is 5.92. The van der Waals surface area contributed by atoms with Gasteiger partial charge in [-0.2, -0.15) is 0 Å². The van der Waals surface area contributed by atoms with E-state index in [1.54, 1.807) is 6.07 Å². The van der Waals surface area contributed by atoms with E-state index in [1.165, 1.54) is 5.56 Å². The summed E-state index contributed by atoms with van der Waals surface area (Å²) >= 11 is 0. The molecule has 5 nitrogen and oxygen atoms in total. The summed E-state index contributed by atoms with van der Waals surface area (Å²) in [7, 11) is 0. The quantitative estimate of drug-likeness (QED) is 0.798. The van der Waals surface area contributed by atoms with Crippen LogP contribution in [-0.2, 0) is 6.54 Å². The van der Waals surface area contributed by atoms with E-state index in [0.29, 0.717) is 24.0 Å². The van der Waals surface area contributed by atoms with E-state index in [0.717, 1.165) is 25.3 Å². The number of hydrogen-bond donors (Lipinski definition) is 1. The zero-order chi connectivity index (χ0) is 18.2. The first kappa shape index (κ1) is 18.9. The van der Waals surface area contributed by atoms with Gasteiger partial charge in [0.25, 0.3) is 5.91 Å². The molecule has 1 amide bonds. The van der Waals surface area contributed by atoms with Crippen LogP contribution in [0.2, 0.25) is 0 Å². The Labute approximate surface area is 150 Å². The zero-order valence-electron chi connectivity index (χ0n) is 15.6. The highest BCUT2D eigenvalue weighted by atomic mass is 16.1. The number of carbonyl (C=O) groups is 1. The molecule has 0 saturated carbocycles. The summed E-state index contributed by atoms with van der Waals surface area (Å²) in [5.41, 5.74) is 1.64. The molecule has 2 rings (SSSR count). The van der Waals surface area contributed by atoms with Crippen LogP contribution in [0.4, 0.5) is 5.82 Å². The van der Waals surface area contributed by atoms with Crippen LogP contribution in [0.25, 0.3) is 0 Å². The van der Waals surface area contributed by atoms with Crippen LogP contribution in [0, 0.1) is 12.8 Å². The van der Waals surface area contributed by atoms with Crippen LogP contribution in [0.5, 0.6) is 0 Å². The minimum atomic E-state index is -0.136. The van der Waals surface area contributed by atoms with Gasteiger partial charge in [-0.05, 0) is 31.7 Å². The van der Waals surface area contributed by atoms with Crippen LogP contribution in [0.15, 0.2) is 36.4 Å². The van der Waals surface area contributed by atoms with Gasteiger partial charge in [0.2, 0.25) is 0 Å². The Morgan fingerprint density at radius 1 is 1.20 bits per heavy atom. The van der Waals surface area contributed by atoms with Gasteiger partial charge >= 0.3 is 0 Å². The van der Waals surface area contributed by atoms with Crippen molar-refractivity contribution in [1.82, 2.24) is 15.3 Å². The summed E-state index contributed by atoms with van der Waals surface area (Å²) in [6.07, 6.45) is 0.956. The van der Waals surface area contributed by atoms with Gasteiger partial charge < -0.3 is 10.2 Å². The molecule has 0 unspecified atom stereocenters. The Bertz CT molecular complexity index is 685. The van der Waals surface area contributed by atoms with Crippen LogP contribution >= 0.6 is 0 Å². The molecule has 0 fully saturated rings. The fourth-order valence-corrected chi connectivity index (χ4v) is 2.55. The maximum atomic E-state index is 12.4. The minimum absolute atomic E-state index is 0.136. The topological polar surface area (TPSA) is 58.1 Å². The van der Waals surface area contributed by atoms with Crippen LogP contribution in [-0.4, -0.2) is 29.0 Å². The maximum Gasteiger partial charge on any atom is 0.270 e. The van der Waals surface area contributed by atoms with E-state index in [9.17, 15) is 4.79 Å². The predicted octanol–water partition coefficient (Wildman–Crippen LogP) is 3.59. The second-order valence-electron chi connectivity index (χ2n) is 6.60. The number of nitrogens with zero attached hydrogens (tertiary/aromatic N) is 3. The van der Waals surface area contributed by atoms with E-state index < -0.39 is 0 Å².